The number of hydrogen-bond acceptors (Lipinski definition) is 5. The molecule has 0 saturated carbocycles. The molecule has 0 spiro atoms. The molecule has 0 saturated heterocycles. The summed E-state index contributed by atoms with van der Waals surface area (Å²) < 4.78 is 9.99. The summed E-state index contributed by atoms with van der Waals surface area (Å²) in [7, 11) is 1.46. The van der Waals surface area contributed by atoms with Crippen molar-refractivity contribution in [3.8, 4) is 0 Å². The van der Waals surface area contributed by atoms with Crippen LogP contribution in [0, 0.1) is 0 Å². The van der Waals surface area contributed by atoms with Crippen LogP contribution >= 0.6 is 0 Å². The largest absolute Gasteiger partial charge is 0.446 e. The van der Waals surface area contributed by atoms with E-state index in [1.54, 1.807) is 0 Å². The minimum Gasteiger partial charge on any atom is -0.446 e. The number of hydrogen-bond donors (Lipinski definition) is 3. The maximum atomic E-state index is 11.6. The van der Waals surface area contributed by atoms with E-state index in [-0.39, 0.29) is 13.2 Å². The van der Waals surface area contributed by atoms with Crippen LogP contribution in [-0.4, -0.2) is 45.0 Å². The fourth-order valence-electron chi connectivity index (χ4n) is 3.44. The zero-order chi connectivity index (χ0) is 23.0. The highest BCUT2D eigenvalue weighted by Gasteiger charge is 2.14. The van der Waals surface area contributed by atoms with Crippen molar-refractivity contribution in [2.24, 2.45) is 5.73 Å². The van der Waals surface area contributed by atoms with Gasteiger partial charge >= 0.3 is 12.2 Å². The zero-order valence-electron chi connectivity index (χ0n) is 20.2. The number of unbranched alkanes of at least 4 members (excludes halogenated alkanes) is 15. The van der Waals surface area contributed by atoms with E-state index in [2.05, 4.69) is 17.6 Å². The van der Waals surface area contributed by atoms with E-state index in [1.807, 2.05) is 0 Å². The minimum atomic E-state index is -0.638. The molecule has 0 aromatic rings. The molecule has 0 fully saturated rings. The Hall–Kier alpha value is -1.50. The molecule has 1 atom stereocenters. The van der Waals surface area contributed by atoms with Crippen LogP contribution in [-0.2, 0) is 9.47 Å². The monoisotopic (exact) mass is 443 g/mol. The van der Waals surface area contributed by atoms with Crippen molar-refractivity contribution in [2.75, 3.05) is 26.7 Å². The molecule has 0 heterocycles. The highest BCUT2D eigenvalue weighted by atomic mass is 16.6. The van der Waals surface area contributed by atoms with Gasteiger partial charge in [-0.25, -0.2) is 9.59 Å². The van der Waals surface area contributed by atoms with Crippen molar-refractivity contribution in [2.45, 2.75) is 116 Å². The van der Waals surface area contributed by atoms with Crippen molar-refractivity contribution in [1.29, 1.82) is 0 Å². The number of amides is 2. The second kappa shape index (κ2) is 23.2. The molecule has 0 aromatic heterocycles. The minimum absolute atomic E-state index is 0.0469. The summed E-state index contributed by atoms with van der Waals surface area (Å²) in [5.41, 5.74) is 5.49. The topological polar surface area (TPSA) is 103 Å². The number of carbonyl (C=O) groups excluding carboxylic acids is 2. The normalized spacial score (nSPS) is 11.7. The van der Waals surface area contributed by atoms with E-state index in [0.717, 1.165) is 12.8 Å². The molecule has 0 aliphatic rings. The Morgan fingerprint density at radius 3 is 1.61 bits per heavy atom. The van der Waals surface area contributed by atoms with Gasteiger partial charge in [0.25, 0.3) is 0 Å². The van der Waals surface area contributed by atoms with Crippen LogP contribution in [0.2, 0.25) is 0 Å². The molecule has 0 rings (SSSR count). The molecule has 1 unspecified atom stereocenters. The van der Waals surface area contributed by atoms with Gasteiger partial charge in [0.05, 0.1) is 0 Å². The first kappa shape index (κ1) is 29.5. The fourth-order valence-corrected chi connectivity index (χ4v) is 3.44. The van der Waals surface area contributed by atoms with Crippen LogP contribution in [0.5, 0.6) is 0 Å². The Kier molecular flexibility index (Phi) is 22.0. The van der Waals surface area contributed by atoms with Gasteiger partial charge in [-0.05, 0) is 6.42 Å². The van der Waals surface area contributed by atoms with Crippen LogP contribution in [0.25, 0.3) is 0 Å². The molecule has 4 N–H and O–H groups in total. The lowest BCUT2D eigenvalue weighted by atomic mass is 10.0. The van der Waals surface area contributed by atoms with Crippen LogP contribution < -0.4 is 16.4 Å². The highest BCUT2D eigenvalue weighted by molar-refractivity contribution is 5.68. The average molecular weight is 444 g/mol. The number of ether oxygens (including phenoxy) is 2. The lowest BCUT2D eigenvalue weighted by Gasteiger charge is -2.15. The van der Waals surface area contributed by atoms with E-state index in [9.17, 15) is 9.59 Å². The van der Waals surface area contributed by atoms with Gasteiger partial charge in [-0.2, -0.15) is 0 Å². The molecule has 0 bridgehead atoms. The van der Waals surface area contributed by atoms with Gasteiger partial charge in [0.2, 0.25) is 0 Å². The second-order valence-electron chi connectivity index (χ2n) is 8.34. The number of nitrogens with two attached hydrogens (primary N) is 1. The highest BCUT2D eigenvalue weighted by Crippen LogP contribution is 2.13. The maximum Gasteiger partial charge on any atom is 0.407 e. The van der Waals surface area contributed by atoms with E-state index in [1.165, 1.54) is 96.9 Å². The standard InChI is InChI=1S/C24H49N3O4/c1-3-4-5-6-7-8-9-10-11-12-13-14-15-16-17-18-19-27-24(29)30-21-22(20-25)31-23(28)26-2/h22H,3-21,25H2,1-2H3,(H,26,28)(H,27,29). The third-order valence-electron chi connectivity index (χ3n) is 5.44. The van der Waals surface area contributed by atoms with Gasteiger partial charge in [-0.1, -0.05) is 103 Å². The summed E-state index contributed by atoms with van der Waals surface area (Å²) in [6, 6.07) is 0. The molecule has 2 amide bonds. The number of carbonyl (C=O) groups is 2. The molecule has 0 aliphatic heterocycles. The third kappa shape index (κ3) is 21.5. The summed E-state index contributed by atoms with van der Waals surface area (Å²) in [5.74, 6) is 0. The van der Waals surface area contributed by atoms with Gasteiger partial charge < -0.3 is 25.8 Å². The van der Waals surface area contributed by atoms with Gasteiger partial charge in [0.15, 0.2) is 0 Å². The first-order valence-corrected chi connectivity index (χ1v) is 12.6. The fraction of sp³-hybridized carbons (Fsp3) is 0.917. The van der Waals surface area contributed by atoms with Gasteiger partial charge in [-0.3, -0.25) is 0 Å². The van der Waals surface area contributed by atoms with Crippen molar-refractivity contribution in [3.63, 3.8) is 0 Å². The summed E-state index contributed by atoms with van der Waals surface area (Å²) in [6.45, 7) is 2.92. The first-order chi connectivity index (χ1) is 15.1. The predicted molar refractivity (Wildman–Crippen MR) is 127 cm³/mol. The summed E-state index contributed by atoms with van der Waals surface area (Å²) >= 11 is 0. The Labute approximate surface area is 190 Å². The first-order valence-electron chi connectivity index (χ1n) is 12.6. The molecule has 7 heteroatoms. The molecular weight excluding hydrogens is 394 g/mol. The Morgan fingerprint density at radius 2 is 1.19 bits per heavy atom. The Bertz CT molecular complexity index is 422. The van der Waals surface area contributed by atoms with Crippen LogP contribution in [0.1, 0.15) is 110 Å². The third-order valence-corrected chi connectivity index (χ3v) is 5.44. The Balaban J connectivity index is 3.31. The molecule has 0 aliphatic carbocycles. The average Bonchev–Trinajstić information content (AvgIpc) is 2.78. The number of nitrogens with one attached hydrogen (secondary N) is 2. The summed E-state index contributed by atoms with van der Waals surface area (Å²) in [6.07, 6.45) is 19.5. The van der Waals surface area contributed by atoms with Gasteiger partial charge in [0, 0.05) is 20.1 Å². The zero-order valence-corrected chi connectivity index (χ0v) is 20.2. The molecule has 7 nitrogen and oxygen atoms in total. The molecule has 31 heavy (non-hydrogen) atoms. The van der Waals surface area contributed by atoms with Crippen LogP contribution in [0.15, 0.2) is 0 Å². The van der Waals surface area contributed by atoms with E-state index in [0.29, 0.717) is 6.54 Å². The van der Waals surface area contributed by atoms with Crippen LogP contribution in [0.3, 0.4) is 0 Å². The van der Waals surface area contributed by atoms with Crippen molar-refractivity contribution >= 4 is 12.2 Å². The molecule has 0 aromatic carbocycles. The second-order valence-corrected chi connectivity index (χ2v) is 8.34. The van der Waals surface area contributed by atoms with E-state index < -0.39 is 18.3 Å². The van der Waals surface area contributed by atoms with Crippen molar-refractivity contribution in [3.05, 3.63) is 0 Å². The van der Waals surface area contributed by atoms with Crippen LogP contribution in [0.4, 0.5) is 9.59 Å². The quantitative estimate of drug-likeness (QED) is 0.199. The summed E-state index contributed by atoms with van der Waals surface area (Å²) in [5, 5.41) is 5.05. The predicted octanol–water partition coefficient (Wildman–Crippen LogP) is 5.66. The van der Waals surface area contributed by atoms with Crippen molar-refractivity contribution < 1.29 is 19.1 Å². The molecular formula is C24H49N3O4. The maximum absolute atomic E-state index is 11.6. The number of rotatable bonds is 21. The lowest BCUT2D eigenvalue weighted by Crippen LogP contribution is -2.37. The summed E-state index contributed by atoms with van der Waals surface area (Å²) in [4.78, 5) is 22.8. The molecule has 184 valence electrons. The molecule has 0 radical (unpaired) electrons. The lowest BCUT2D eigenvalue weighted by molar-refractivity contribution is 0.0493. The van der Waals surface area contributed by atoms with Crippen molar-refractivity contribution in [1.82, 2.24) is 10.6 Å². The Morgan fingerprint density at radius 1 is 0.742 bits per heavy atom. The van der Waals surface area contributed by atoms with E-state index >= 15 is 0 Å². The van der Waals surface area contributed by atoms with Gasteiger partial charge in [-0.15, -0.1) is 0 Å². The SMILES string of the molecule is CCCCCCCCCCCCCCCCCCNC(=O)OCC(CN)OC(=O)NC. The number of alkyl carbamates (subject to hydrolysis) is 2. The van der Waals surface area contributed by atoms with E-state index in [4.69, 9.17) is 15.2 Å². The smallest absolute Gasteiger partial charge is 0.407 e. The van der Waals surface area contributed by atoms with Gasteiger partial charge in [0.1, 0.15) is 12.7 Å².